The predicted molar refractivity (Wildman–Crippen MR) is 101 cm³/mol. The fourth-order valence-corrected chi connectivity index (χ4v) is 3.21. The molecule has 0 spiro atoms. The second-order valence-corrected chi connectivity index (χ2v) is 7.09. The number of nitrogens with zero attached hydrogens (tertiary/aromatic N) is 2. The zero-order chi connectivity index (χ0) is 19.7. The number of benzene rings is 2. The maximum atomic E-state index is 13.1. The van der Waals surface area contributed by atoms with Gasteiger partial charge in [0, 0.05) is 5.69 Å². The molecule has 142 valence electrons. The highest BCUT2D eigenvalue weighted by molar-refractivity contribution is 6.14. The number of anilines is 1. The minimum Gasteiger partial charge on any atom is -0.387 e. The molecule has 1 saturated heterocycles. The topological polar surface area (TPSA) is 60.9 Å². The Morgan fingerprint density at radius 3 is 2.11 bits per heavy atom. The van der Waals surface area contributed by atoms with Crippen LogP contribution in [0.5, 0.6) is 0 Å². The largest absolute Gasteiger partial charge is 0.387 e. The molecule has 2 atom stereocenters. The van der Waals surface area contributed by atoms with Gasteiger partial charge < -0.3 is 5.11 Å². The van der Waals surface area contributed by atoms with Crippen molar-refractivity contribution in [2.24, 2.45) is 0 Å². The first-order chi connectivity index (χ1) is 12.8. The number of amides is 3. The SMILES string of the molecule is CC(C)c1ccc([C@@H](O)CN2C(=O)[C@H](C)N(c3ccc(F)cc3)C2=O)cc1. The molecule has 1 aliphatic rings. The molecule has 2 aromatic rings. The number of β-amino-alcohol motifs (C(OH)–C–C–N with tert-alkyl or cyclic N) is 1. The Morgan fingerprint density at radius 2 is 1.56 bits per heavy atom. The Hall–Kier alpha value is -2.73. The lowest BCUT2D eigenvalue weighted by atomic mass is 10.00. The molecule has 3 rings (SSSR count). The van der Waals surface area contributed by atoms with E-state index >= 15 is 0 Å². The average Bonchev–Trinajstić information content (AvgIpc) is 2.86. The number of rotatable bonds is 5. The molecule has 0 unspecified atom stereocenters. The highest BCUT2D eigenvalue weighted by atomic mass is 19.1. The van der Waals surface area contributed by atoms with Gasteiger partial charge in [-0.1, -0.05) is 38.1 Å². The number of urea groups is 1. The summed E-state index contributed by atoms with van der Waals surface area (Å²) >= 11 is 0. The van der Waals surface area contributed by atoms with E-state index in [1.165, 1.54) is 29.2 Å². The Labute approximate surface area is 158 Å². The first kappa shape index (κ1) is 19.0. The zero-order valence-corrected chi connectivity index (χ0v) is 15.6. The molecular weight excluding hydrogens is 347 g/mol. The molecule has 27 heavy (non-hydrogen) atoms. The molecule has 1 heterocycles. The number of halogens is 1. The quantitative estimate of drug-likeness (QED) is 0.814. The Bertz CT molecular complexity index is 834. The number of hydrogen-bond donors (Lipinski definition) is 1. The van der Waals surface area contributed by atoms with Gasteiger partial charge in [0.25, 0.3) is 5.91 Å². The summed E-state index contributed by atoms with van der Waals surface area (Å²) in [6.45, 7) is 5.66. The fourth-order valence-electron chi connectivity index (χ4n) is 3.21. The maximum absolute atomic E-state index is 13.1. The van der Waals surface area contributed by atoms with E-state index < -0.39 is 24.0 Å². The van der Waals surface area contributed by atoms with Crippen molar-refractivity contribution in [1.29, 1.82) is 0 Å². The summed E-state index contributed by atoms with van der Waals surface area (Å²) in [5, 5.41) is 10.5. The Kier molecular flexibility index (Phi) is 5.28. The van der Waals surface area contributed by atoms with E-state index in [0.717, 1.165) is 10.5 Å². The van der Waals surface area contributed by atoms with Gasteiger partial charge in [-0.3, -0.25) is 14.6 Å². The van der Waals surface area contributed by atoms with Crippen LogP contribution in [-0.2, 0) is 4.79 Å². The first-order valence-electron chi connectivity index (χ1n) is 8.97. The van der Waals surface area contributed by atoms with Crippen molar-refractivity contribution in [3.63, 3.8) is 0 Å². The molecule has 1 N–H and O–H groups in total. The summed E-state index contributed by atoms with van der Waals surface area (Å²) in [5.74, 6) is -0.424. The molecule has 5 nitrogen and oxygen atoms in total. The number of aliphatic hydroxyl groups excluding tert-OH is 1. The van der Waals surface area contributed by atoms with Crippen LogP contribution in [0.2, 0.25) is 0 Å². The monoisotopic (exact) mass is 370 g/mol. The van der Waals surface area contributed by atoms with Crippen LogP contribution in [0.3, 0.4) is 0 Å². The van der Waals surface area contributed by atoms with Crippen LogP contribution < -0.4 is 4.90 Å². The van der Waals surface area contributed by atoms with Crippen LogP contribution >= 0.6 is 0 Å². The molecule has 0 bridgehead atoms. The molecular formula is C21H23FN2O3. The van der Waals surface area contributed by atoms with Crippen molar-refractivity contribution in [3.8, 4) is 0 Å². The van der Waals surface area contributed by atoms with E-state index in [0.29, 0.717) is 17.2 Å². The minimum absolute atomic E-state index is 0.124. The molecule has 1 fully saturated rings. The Morgan fingerprint density at radius 1 is 1.00 bits per heavy atom. The third kappa shape index (κ3) is 3.71. The van der Waals surface area contributed by atoms with Crippen molar-refractivity contribution >= 4 is 17.6 Å². The van der Waals surface area contributed by atoms with Gasteiger partial charge in [0.05, 0.1) is 12.6 Å². The normalized spacial score (nSPS) is 18.5. The summed E-state index contributed by atoms with van der Waals surface area (Å²) in [6, 6.07) is 11.7. The van der Waals surface area contributed by atoms with Crippen LogP contribution in [0.4, 0.5) is 14.9 Å². The Balaban J connectivity index is 1.77. The van der Waals surface area contributed by atoms with Crippen LogP contribution in [0.25, 0.3) is 0 Å². The van der Waals surface area contributed by atoms with Crippen molar-refractivity contribution in [3.05, 3.63) is 65.5 Å². The first-order valence-corrected chi connectivity index (χ1v) is 8.97. The van der Waals surface area contributed by atoms with Crippen molar-refractivity contribution in [1.82, 2.24) is 4.90 Å². The number of aliphatic hydroxyl groups is 1. The molecule has 2 aromatic carbocycles. The van der Waals surface area contributed by atoms with Gasteiger partial charge in [0.1, 0.15) is 11.9 Å². The maximum Gasteiger partial charge on any atom is 0.332 e. The lowest BCUT2D eigenvalue weighted by molar-refractivity contribution is -0.127. The number of hydrogen-bond acceptors (Lipinski definition) is 3. The molecule has 0 saturated carbocycles. The van der Waals surface area contributed by atoms with E-state index in [-0.39, 0.29) is 12.5 Å². The van der Waals surface area contributed by atoms with Crippen LogP contribution in [0, 0.1) is 5.82 Å². The third-order valence-electron chi connectivity index (χ3n) is 4.90. The molecule has 0 aliphatic carbocycles. The van der Waals surface area contributed by atoms with Crippen LogP contribution in [-0.4, -0.2) is 34.5 Å². The summed E-state index contributed by atoms with van der Waals surface area (Å²) in [7, 11) is 0. The number of carbonyl (C=O) groups is 2. The summed E-state index contributed by atoms with van der Waals surface area (Å²) < 4.78 is 13.1. The minimum atomic E-state index is -0.973. The van der Waals surface area contributed by atoms with E-state index in [9.17, 15) is 19.1 Å². The standard InChI is InChI=1S/C21H23FN2O3/c1-13(2)15-4-6-16(7-5-15)19(25)12-23-20(26)14(3)24(21(23)27)18-10-8-17(22)9-11-18/h4-11,13-14,19,25H,12H2,1-3H3/t14-,19-/m0/s1. The van der Waals surface area contributed by atoms with Gasteiger partial charge >= 0.3 is 6.03 Å². The summed E-state index contributed by atoms with van der Waals surface area (Å²) in [4.78, 5) is 27.7. The fraction of sp³-hybridized carbons (Fsp3) is 0.333. The number of imide groups is 1. The molecule has 1 aliphatic heterocycles. The van der Waals surface area contributed by atoms with Gasteiger partial charge in [-0.25, -0.2) is 9.18 Å². The smallest absolute Gasteiger partial charge is 0.332 e. The van der Waals surface area contributed by atoms with Crippen LogP contribution in [0.1, 0.15) is 43.9 Å². The lowest BCUT2D eigenvalue weighted by Gasteiger charge is -2.21. The van der Waals surface area contributed by atoms with Gasteiger partial charge in [-0.15, -0.1) is 0 Å². The van der Waals surface area contributed by atoms with E-state index in [2.05, 4.69) is 13.8 Å². The molecule has 6 heteroatoms. The summed E-state index contributed by atoms with van der Waals surface area (Å²) in [6.07, 6.45) is -0.973. The average molecular weight is 370 g/mol. The van der Waals surface area contributed by atoms with Gasteiger partial charge in [0.2, 0.25) is 0 Å². The van der Waals surface area contributed by atoms with Crippen molar-refractivity contribution in [2.45, 2.75) is 38.8 Å². The van der Waals surface area contributed by atoms with Crippen LogP contribution in [0.15, 0.2) is 48.5 Å². The lowest BCUT2D eigenvalue weighted by Crippen LogP contribution is -2.36. The molecule has 0 aromatic heterocycles. The summed E-state index contributed by atoms with van der Waals surface area (Å²) in [5.41, 5.74) is 2.24. The second-order valence-electron chi connectivity index (χ2n) is 7.09. The van der Waals surface area contributed by atoms with E-state index in [1.54, 1.807) is 6.92 Å². The van der Waals surface area contributed by atoms with Crippen molar-refractivity contribution in [2.75, 3.05) is 11.4 Å². The second kappa shape index (κ2) is 7.48. The van der Waals surface area contributed by atoms with Gasteiger partial charge in [-0.2, -0.15) is 0 Å². The predicted octanol–water partition coefficient (Wildman–Crippen LogP) is 3.84. The van der Waals surface area contributed by atoms with E-state index in [1.807, 2.05) is 24.3 Å². The van der Waals surface area contributed by atoms with Gasteiger partial charge in [-0.05, 0) is 48.2 Å². The highest BCUT2D eigenvalue weighted by Gasteiger charge is 2.44. The highest BCUT2D eigenvalue weighted by Crippen LogP contribution is 2.28. The van der Waals surface area contributed by atoms with E-state index in [4.69, 9.17) is 0 Å². The van der Waals surface area contributed by atoms with Gasteiger partial charge in [0.15, 0.2) is 0 Å². The van der Waals surface area contributed by atoms with Crippen molar-refractivity contribution < 1.29 is 19.1 Å². The molecule has 3 amide bonds. The zero-order valence-electron chi connectivity index (χ0n) is 15.6. The molecule has 0 radical (unpaired) electrons. The third-order valence-corrected chi connectivity index (χ3v) is 4.90. The number of carbonyl (C=O) groups excluding carboxylic acids is 2.